The summed E-state index contributed by atoms with van der Waals surface area (Å²) in [7, 11) is 0. The molecule has 0 saturated carbocycles. The largest absolute Gasteiger partial charge is 0.324 e. The van der Waals surface area contributed by atoms with Crippen molar-refractivity contribution in [3.05, 3.63) is 20.3 Å². The molecule has 1 nitrogen and oxygen atoms in total. The minimum atomic E-state index is 0. The molecule has 1 heterocycles. The molecule has 1 aromatic heterocycles. The van der Waals surface area contributed by atoms with E-state index < -0.39 is 0 Å². The second kappa shape index (κ2) is 4.45. The molecule has 0 saturated heterocycles. The van der Waals surface area contributed by atoms with Crippen LogP contribution in [0.4, 0.5) is 0 Å². The molecule has 4 heteroatoms. The molecule has 0 fully saturated rings. The van der Waals surface area contributed by atoms with Crippen molar-refractivity contribution >= 4 is 39.7 Å². The van der Waals surface area contributed by atoms with E-state index in [1.165, 1.54) is 14.2 Å². The molecule has 1 atom stereocenters. The maximum atomic E-state index is 5.69. The van der Waals surface area contributed by atoms with Gasteiger partial charge in [0.15, 0.2) is 0 Å². The van der Waals surface area contributed by atoms with Crippen LogP contribution >= 0.6 is 39.7 Å². The summed E-state index contributed by atoms with van der Waals surface area (Å²) in [6.45, 7) is 4.07. The van der Waals surface area contributed by atoms with Crippen LogP contribution in [0.25, 0.3) is 0 Å². The Hall–Kier alpha value is 0.430. The highest BCUT2D eigenvalue weighted by atomic mass is 79.9. The van der Waals surface area contributed by atoms with Gasteiger partial charge in [-0.05, 0) is 41.4 Å². The third kappa shape index (κ3) is 2.75. The number of hydrogen-bond acceptors (Lipinski definition) is 2. The number of nitrogens with two attached hydrogens (primary N) is 1. The molecule has 0 unspecified atom stereocenters. The van der Waals surface area contributed by atoms with Crippen molar-refractivity contribution in [3.63, 3.8) is 0 Å². The van der Waals surface area contributed by atoms with Gasteiger partial charge in [0.1, 0.15) is 0 Å². The van der Waals surface area contributed by atoms with Gasteiger partial charge < -0.3 is 5.73 Å². The van der Waals surface area contributed by atoms with Crippen molar-refractivity contribution in [2.75, 3.05) is 0 Å². The van der Waals surface area contributed by atoms with Gasteiger partial charge >= 0.3 is 0 Å². The first-order valence-electron chi connectivity index (χ1n) is 3.12. The van der Waals surface area contributed by atoms with Crippen molar-refractivity contribution in [3.8, 4) is 0 Å². The van der Waals surface area contributed by atoms with E-state index in [0.717, 1.165) is 0 Å². The molecule has 11 heavy (non-hydrogen) atoms. The van der Waals surface area contributed by atoms with Gasteiger partial charge in [0.05, 0.1) is 3.79 Å². The zero-order valence-electron chi connectivity index (χ0n) is 6.43. The van der Waals surface area contributed by atoms with Crippen LogP contribution in [0.2, 0.25) is 0 Å². The van der Waals surface area contributed by atoms with Crippen molar-refractivity contribution in [2.24, 2.45) is 5.73 Å². The van der Waals surface area contributed by atoms with Gasteiger partial charge in [-0.2, -0.15) is 0 Å². The summed E-state index contributed by atoms with van der Waals surface area (Å²) in [6, 6.07) is 2.29. The molecule has 0 radical (unpaired) electrons. The Morgan fingerprint density at radius 1 is 1.64 bits per heavy atom. The number of thiophene rings is 1. The number of halogens is 2. The van der Waals surface area contributed by atoms with E-state index in [9.17, 15) is 0 Å². The zero-order chi connectivity index (χ0) is 7.72. The third-order valence-corrected chi connectivity index (χ3v) is 3.66. The maximum Gasteiger partial charge on any atom is 0.0731 e. The maximum absolute atomic E-state index is 5.69. The Balaban J connectivity index is 0.000001000. The van der Waals surface area contributed by atoms with Gasteiger partial charge in [-0.25, -0.2) is 0 Å². The Morgan fingerprint density at radius 2 is 2.18 bits per heavy atom. The lowest BCUT2D eigenvalue weighted by atomic mass is 10.2. The quantitative estimate of drug-likeness (QED) is 0.820. The molecule has 1 aromatic rings. The Bertz CT molecular complexity index is 215. The Morgan fingerprint density at radius 3 is 2.36 bits per heavy atom. The second-order valence-corrected chi connectivity index (χ2v) is 4.80. The molecule has 0 aliphatic heterocycles. The Kier molecular flexibility index (Phi) is 4.63. The van der Waals surface area contributed by atoms with E-state index in [2.05, 4.69) is 28.9 Å². The fourth-order valence-corrected chi connectivity index (χ4v) is 2.23. The number of rotatable bonds is 1. The van der Waals surface area contributed by atoms with E-state index in [4.69, 9.17) is 5.73 Å². The lowest BCUT2D eigenvalue weighted by Crippen LogP contribution is -2.01. The first-order chi connectivity index (χ1) is 4.61. The fraction of sp³-hybridized carbons (Fsp3) is 0.429. The first kappa shape index (κ1) is 11.4. The molecule has 0 bridgehead atoms. The third-order valence-electron chi connectivity index (χ3n) is 1.33. The van der Waals surface area contributed by atoms with Crippen LogP contribution in [0.5, 0.6) is 0 Å². The van der Waals surface area contributed by atoms with Crippen LogP contribution < -0.4 is 5.73 Å². The first-order valence-corrected chi connectivity index (χ1v) is 4.73. The van der Waals surface area contributed by atoms with Gasteiger partial charge in [-0.15, -0.1) is 23.7 Å². The van der Waals surface area contributed by atoms with Crippen molar-refractivity contribution < 1.29 is 0 Å². The normalized spacial score (nSPS) is 12.4. The highest BCUT2D eigenvalue weighted by molar-refractivity contribution is 9.11. The zero-order valence-corrected chi connectivity index (χ0v) is 9.65. The molecule has 0 aliphatic rings. The lowest BCUT2D eigenvalue weighted by Gasteiger charge is -1.96. The summed E-state index contributed by atoms with van der Waals surface area (Å²) in [5.74, 6) is 0. The van der Waals surface area contributed by atoms with Crippen molar-refractivity contribution in [2.45, 2.75) is 19.9 Å². The van der Waals surface area contributed by atoms with Crippen LogP contribution in [-0.2, 0) is 0 Å². The topological polar surface area (TPSA) is 26.0 Å². The molecule has 0 aromatic carbocycles. The average molecular weight is 257 g/mol. The van der Waals surface area contributed by atoms with E-state index in [1.54, 1.807) is 11.3 Å². The van der Waals surface area contributed by atoms with Gasteiger partial charge in [0.2, 0.25) is 0 Å². The standard InChI is InChI=1S/C7H10BrNS.ClH/c1-4-3-6(5(2)9)10-7(4)8;/h3,5H,9H2,1-2H3;1H/t5-;/m1./s1. The smallest absolute Gasteiger partial charge is 0.0731 e. The highest BCUT2D eigenvalue weighted by Gasteiger charge is 2.05. The van der Waals surface area contributed by atoms with Crippen LogP contribution in [0.15, 0.2) is 9.85 Å². The monoisotopic (exact) mass is 255 g/mol. The van der Waals surface area contributed by atoms with Crippen molar-refractivity contribution in [1.82, 2.24) is 0 Å². The molecule has 0 aliphatic carbocycles. The number of hydrogen-bond donors (Lipinski definition) is 1. The summed E-state index contributed by atoms with van der Waals surface area (Å²) in [5.41, 5.74) is 6.96. The van der Waals surface area contributed by atoms with E-state index in [-0.39, 0.29) is 18.4 Å². The van der Waals surface area contributed by atoms with Gasteiger partial charge in [0.25, 0.3) is 0 Å². The molecular formula is C7H11BrClNS. The van der Waals surface area contributed by atoms with E-state index in [1.807, 2.05) is 6.92 Å². The van der Waals surface area contributed by atoms with Crippen LogP contribution in [0.1, 0.15) is 23.4 Å². The predicted octanol–water partition coefficient (Wildman–Crippen LogP) is 3.26. The molecule has 64 valence electrons. The van der Waals surface area contributed by atoms with Crippen LogP contribution in [-0.4, -0.2) is 0 Å². The minimum absolute atomic E-state index is 0. The molecule has 0 amide bonds. The summed E-state index contributed by atoms with van der Waals surface area (Å²) < 4.78 is 1.19. The fourth-order valence-electron chi connectivity index (χ4n) is 0.708. The Labute approximate surface area is 85.5 Å². The molecule has 0 spiro atoms. The summed E-state index contributed by atoms with van der Waals surface area (Å²) >= 11 is 5.16. The van der Waals surface area contributed by atoms with Crippen LogP contribution in [0, 0.1) is 6.92 Å². The summed E-state index contributed by atoms with van der Waals surface area (Å²) in [4.78, 5) is 1.24. The summed E-state index contributed by atoms with van der Waals surface area (Å²) in [6.07, 6.45) is 0. The average Bonchev–Trinajstić information content (AvgIpc) is 2.13. The van der Waals surface area contributed by atoms with E-state index >= 15 is 0 Å². The van der Waals surface area contributed by atoms with Crippen molar-refractivity contribution in [1.29, 1.82) is 0 Å². The predicted molar refractivity (Wildman–Crippen MR) is 56.6 cm³/mol. The molecule has 1 rings (SSSR count). The SMILES string of the molecule is Cc1cc([C@@H](C)N)sc1Br.Cl. The minimum Gasteiger partial charge on any atom is -0.324 e. The van der Waals surface area contributed by atoms with E-state index in [0.29, 0.717) is 0 Å². The summed E-state index contributed by atoms with van der Waals surface area (Å²) in [5, 5.41) is 0. The van der Waals surface area contributed by atoms with Gasteiger partial charge in [-0.1, -0.05) is 0 Å². The van der Waals surface area contributed by atoms with Gasteiger partial charge in [0, 0.05) is 10.9 Å². The molecular weight excluding hydrogens is 246 g/mol. The molecule has 2 N–H and O–H groups in total. The van der Waals surface area contributed by atoms with Crippen LogP contribution in [0.3, 0.4) is 0 Å². The van der Waals surface area contributed by atoms with Gasteiger partial charge in [-0.3, -0.25) is 0 Å². The lowest BCUT2D eigenvalue weighted by molar-refractivity contribution is 0.838. The number of aryl methyl sites for hydroxylation is 1. The second-order valence-electron chi connectivity index (χ2n) is 2.39. The highest BCUT2D eigenvalue weighted by Crippen LogP contribution is 2.30.